The molecule has 0 fully saturated rings. The number of nitrogens with two attached hydrogens (primary N) is 1. The van der Waals surface area contributed by atoms with Gasteiger partial charge in [-0.2, -0.15) is 0 Å². The summed E-state index contributed by atoms with van der Waals surface area (Å²) < 4.78 is 5.56. The molecule has 0 saturated carbocycles. The second kappa shape index (κ2) is 15.5. The molecule has 1 rings (SSSR count). The number of esters is 1. The molecule has 0 spiro atoms. The van der Waals surface area contributed by atoms with Crippen molar-refractivity contribution in [3.8, 4) is 0 Å². The first kappa shape index (κ1) is 26.7. The second-order valence-corrected chi connectivity index (χ2v) is 9.02. The zero-order chi connectivity index (χ0) is 22.4. The van der Waals surface area contributed by atoms with Crippen LogP contribution in [0.25, 0.3) is 0 Å². The second-order valence-electron chi connectivity index (χ2n) is 7.88. The van der Waals surface area contributed by atoms with Crippen LogP contribution in [0.1, 0.15) is 84.5 Å². The maximum atomic E-state index is 12.0. The summed E-state index contributed by atoms with van der Waals surface area (Å²) in [4.78, 5) is 23.7. The predicted octanol–water partition coefficient (Wildman–Crippen LogP) is 4.20. The van der Waals surface area contributed by atoms with Crippen molar-refractivity contribution in [3.05, 3.63) is 22.8 Å². The van der Waals surface area contributed by atoms with Crippen LogP contribution in [-0.2, 0) is 14.3 Å². The topological polar surface area (TPSA) is 110 Å². The Bertz CT molecular complexity index is 590. The molecule has 172 valence electrons. The van der Waals surface area contributed by atoms with E-state index in [0.717, 1.165) is 49.2 Å². The number of hydrogen-bond acceptors (Lipinski definition) is 6. The fraction of sp³-hybridized carbons (Fsp3) is 0.739. The van der Waals surface area contributed by atoms with E-state index >= 15 is 0 Å². The standard InChI is InChI=1S/C23H39NO5S/c1-3-5-7-11-17(25)13-14-18-19(26)16-20(29-22(28)10-4-2)23(18)30-15-9-6-8-12-21(24)27/h13-14,17-19,25-26H,3-12,15-16H2,1-2H3,(H2,24,27)/b14-13+/t17-,18-,19+/m0/s1. The number of carbonyl (C=O) groups excluding carboxylic acids is 2. The summed E-state index contributed by atoms with van der Waals surface area (Å²) in [6, 6.07) is 0. The molecule has 0 aliphatic heterocycles. The van der Waals surface area contributed by atoms with Gasteiger partial charge in [-0.25, -0.2) is 0 Å². The van der Waals surface area contributed by atoms with Crippen molar-refractivity contribution >= 4 is 23.6 Å². The zero-order valence-corrected chi connectivity index (χ0v) is 19.3. The number of aliphatic hydroxyl groups excluding tert-OH is 2. The first-order valence-corrected chi connectivity index (χ1v) is 12.3. The molecule has 0 heterocycles. The third kappa shape index (κ3) is 10.6. The molecule has 1 aliphatic carbocycles. The van der Waals surface area contributed by atoms with Gasteiger partial charge < -0.3 is 20.7 Å². The lowest BCUT2D eigenvalue weighted by Crippen LogP contribution is -2.14. The van der Waals surface area contributed by atoms with Crippen molar-refractivity contribution < 1.29 is 24.5 Å². The van der Waals surface area contributed by atoms with E-state index < -0.39 is 12.2 Å². The van der Waals surface area contributed by atoms with E-state index in [4.69, 9.17) is 10.5 Å². The summed E-state index contributed by atoms with van der Waals surface area (Å²) in [5, 5.41) is 20.8. The Morgan fingerprint density at radius 3 is 2.60 bits per heavy atom. The highest BCUT2D eigenvalue weighted by molar-refractivity contribution is 8.03. The van der Waals surface area contributed by atoms with Gasteiger partial charge in [-0.1, -0.05) is 51.7 Å². The summed E-state index contributed by atoms with van der Waals surface area (Å²) in [5.41, 5.74) is 5.17. The van der Waals surface area contributed by atoms with Gasteiger partial charge in [0.25, 0.3) is 0 Å². The van der Waals surface area contributed by atoms with Crippen LogP contribution < -0.4 is 5.73 Å². The maximum Gasteiger partial charge on any atom is 0.310 e. The summed E-state index contributed by atoms with van der Waals surface area (Å²) >= 11 is 1.59. The Hall–Kier alpha value is -1.31. The summed E-state index contributed by atoms with van der Waals surface area (Å²) in [6.07, 6.45) is 10.6. The maximum absolute atomic E-state index is 12.0. The average molecular weight is 442 g/mol. The van der Waals surface area contributed by atoms with Crippen molar-refractivity contribution in [2.45, 2.75) is 96.7 Å². The normalized spacial score (nSPS) is 20.1. The Kier molecular flexibility index (Phi) is 13.8. The molecule has 0 bridgehead atoms. The van der Waals surface area contributed by atoms with Gasteiger partial charge in [0.15, 0.2) is 0 Å². The van der Waals surface area contributed by atoms with Crippen LogP contribution in [0, 0.1) is 5.92 Å². The van der Waals surface area contributed by atoms with E-state index in [9.17, 15) is 19.8 Å². The minimum absolute atomic E-state index is 0.272. The lowest BCUT2D eigenvalue weighted by molar-refractivity contribution is -0.139. The zero-order valence-electron chi connectivity index (χ0n) is 18.5. The van der Waals surface area contributed by atoms with Crippen molar-refractivity contribution in [2.24, 2.45) is 11.7 Å². The smallest absolute Gasteiger partial charge is 0.310 e. The Labute approximate surface area is 185 Å². The number of rotatable bonds is 16. The summed E-state index contributed by atoms with van der Waals surface area (Å²) in [7, 11) is 0. The lowest BCUT2D eigenvalue weighted by atomic mass is 10.0. The molecular weight excluding hydrogens is 402 g/mol. The molecule has 3 atom stereocenters. The fourth-order valence-electron chi connectivity index (χ4n) is 3.36. The van der Waals surface area contributed by atoms with E-state index in [-0.39, 0.29) is 17.8 Å². The van der Waals surface area contributed by atoms with E-state index in [2.05, 4.69) is 6.92 Å². The summed E-state index contributed by atoms with van der Waals surface area (Å²) in [6.45, 7) is 4.05. The number of aliphatic hydroxyl groups is 2. The molecule has 0 saturated heterocycles. The van der Waals surface area contributed by atoms with Gasteiger partial charge in [-0.3, -0.25) is 9.59 Å². The van der Waals surface area contributed by atoms with Gasteiger partial charge >= 0.3 is 5.97 Å². The molecule has 6 nitrogen and oxygen atoms in total. The van der Waals surface area contributed by atoms with Crippen LogP contribution in [0.4, 0.5) is 0 Å². The highest BCUT2D eigenvalue weighted by atomic mass is 32.2. The van der Waals surface area contributed by atoms with Crippen molar-refractivity contribution in [1.29, 1.82) is 0 Å². The molecule has 0 unspecified atom stereocenters. The Morgan fingerprint density at radius 2 is 1.93 bits per heavy atom. The molecule has 1 amide bonds. The third-order valence-electron chi connectivity index (χ3n) is 5.05. The lowest BCUT2D eigenvalue weighted by Gasteiger charge is -2.15. The number of thioether (sulfide) groups is 1. The number of unbranched alkanes of at least 4 members (excludes halogenated alkanes) is 4. The molecule has 4 N–H and O–H groups in total. The summed E-state index contributed by atoms with van der Waals surface area (Å²) in [5.74, 6) is 0.531. The SMILES string of the molecule is CCCCC[C@H](O)/C=C/[C@@H]1C(SCCCCCC(N)=O)=C(OC(=O)CCC)C[C@H]1O. The van der Waals surface area contributed by atoms with Crippen LogP contribution >= 0.6 is 11.8 Å². The highest BCUT2D eigenvalue weighted by Crippen LogP contribution is 2.41. The van der Waals surface area contributed by atoms with Crippen LogP contribution in [0.5, 0.6) is 0 Å². The van der Waals surface area contributed by atoms with Crippen molar-refractivity contribution in [3.63, 3.8) is 0 Å². The highest BCUT2D eigenvalue weighted by Gasteiger charge is 2.34. The molecule has 0 aromatic carbocycles. The van der Waals surface area contributed by atoms with Crippen molar-refractivity contribution in [2.75, 3.05) is 5.75 Å². The van der Waals surface area contributed by atoms with Gasteiger partial charge in [0, 0.05) is 30.1 Å². The average Bonchev–Trinajstić information content (AvgIpc) is 2.97. The predicted molar refractivity (Wildman–Crippen MR) is 122 cm³/mol. The molecule has 1 aliphatic rings. The minimum Gasteiger partial charge on any atom is -0.430 e. The van der Waals surface area contributed by atoms with Gasteiger partial charge in [0.1, 0.15) is 5.76 Å². The van der Waals surface area contributed by atoms with Gasteiger partial charge in [-0.15, -0.1) is 11.8 Å². The van der Waals surface area contributed by atoms with Crippen LogP contribution in [0.15, 0.2) is 22.8 Å². The first-order valence-electron chi connectivity index (χ1n) is 11.3. The Balaban J connectivity index is 2.74. The Morgan fingerprint density at radius 1 is 1.17 bits per heavy atom. The van der Waals surface area contributed by atoms with Crippen molar-refractivity contribution in [1.82, 2.24) is 0 Å². The molecular formula is C23H39NO5S. The van der Waals surface area contributed by atoms with Crippen LogP contribution in [-0.4, -0.2) is 40.1 Å². The van der Waals surface area contributed by atoms with Gasteiger partial charge in [0.2, 0.25) is 5.91 Å². The van der Waals surface area contributed by atoms with Crippen LogP contribution in [0.3, 0.4) is 0 Å². The fourth-order valence-corrected chi connectivity index (χ4v) is 4.65. The minimum atomic E-state index is -0.661. The third-order valence-corrected chi connectivity index (χ3v) is 6.35. The van der Waals surface area contributed by atoms with E-state index in [1.165, 1.54) is 0 Å². The van der Waals surface area contributed by atoms with Gasteiger partial charge in [-0.05, 0) is 31.4 Å². The van der Waals surface area contributed by atoms with E-state index in [1.54, 1.807) is 17.8 Å². The molecule has 0 aromatic heterocycles. The quantitative estimate of drug-likeness (QED) is 0.188. The first-order chi connectivity index (χ1) is 14.4. The molecule has 0 radical (unpaired) electrons. The monoisotopic (exact) mass is 441 g/mol. The number of primary amides is 1. The number of amides is 1. The number of carbonyl (C=O) groups is 2. The molecule has 0 aromatic rings. The molecule has 30 heavy (non-hydrogen) atoms. The van der Waals surface area contributed by atoms with E-state index in [1.807, 2.05) is 13.0 Å². The van der Waals surface area contributed by atoms with Gasteiger partial charge in [0.05, 0.1) is 12.2 Å². The number of ether oxygens (including phenoxy) is 1. The number of hydrogen-bond donors (Lipinski definition) is 3. The van der Waals surface area contributed by atoms with E-state index in [0.29, 0.717) is 37.9 Å². The largest absolute Gasteiger partial charge is 0.430 e. The van der Waals surface area contributed by atoms with Crippen LogP contribution in [0.2, 0.25) is 0 Å². The molecule has 7 heteroatoms.